The Kier molecular flexibility index (Phi) is 4.17. The standard InChI is InChI=1S/C30H33N2O/c1-18(2)22-16-20(4)32(6)26(17-22)27-19(3)12-13-24-25-15-14-23(21-10-8-7-9-11-21)28(31-5)30(25)33-29(24)27/h12-18,21H,7-11H2,1-4,6H3/q+1/i1D3,18D,21D. The van der Waals surface area contributed by atoms with Gasteiger partial charge in [0.05, 0.1) is 12.1 Å². The van der Waals surface area contributed by atoms with E-state index >= 15 is 0 Å². The molecule has 1 aliphatic rings. The molecule has 0 N–H and O–H groups in total. The smallest absolute Gasteiger partial charge is 0.232 e. The summed E-state index contributed by atoms with van der Waals surface area (Å²) in [7, 11) is 1.92. The average molecular weight is 443 g/mol. The first-order valence-corrected chi connectivity index (χ1v) is 11.7. The molecule has 0 aliphatic heterocycles. The highest BCUT2D eigenvalue weighted by Gasteiger charge is 2.26. The van der Waals surface area contributed by atoms with E-state index in [1.165, 1.54) is 6.92 Å². The van der Waals surface area contributed by atoms with Crippen LogP contribution in [0.5, 0.6) is 0 Å². The number of aromatic nitrogens is 1. The number of hydrogen-bond acceptors (Lipinski definition) is 1. The van der Waals surface area contributed by atoms with Crippen molar-refractivity contribution in [1.29, 1.82) is 0 Å². The molecule has 0 bridgehead atoms. The normalized spacial score (nSPS) is 20.3. The van der Waals surface area contributed by atoms with E-state index in [4.69, 9.17) is 17.8 Å². The van der Waals surface area contributed by atoms with Crippen LogP contribution in [0.3, 0.4) is 0 Å². The van der Waals surface area contributed by atoms with E-state index in [2.05, 4.69) is 4.85 Å². The summed E-state index contributed by atoms with van der Waals surface area (Å²) >= 11 is 0. The second kappa shape index (κ2) is 8.34. The van der Waals surface area contributed by atoms with Crippen LogP contribution in [0.25, 0.3) is 38.0 Å². The quantitative estimate of drug-likeness (QED) is 0.230. The van der Waals surface area contributed by atoms with Gasteiger partial charge in [-0.1, -0.05) is 57.3 Å². The number of pyridine rings is 1. The minimum atomic E-state index is -2.50. The predicted octanol–water partition coefficient (Wildman–Crippen LogP) is 8.42. The molecule has 3 nitrogen and oxygen atoms in total. The topological polar surface area (TPSA) is 21.4 Å². The first-order valence-electron chi connectivity index (χ1n) is 14.2. The Morgan fingerprint density at radius 1 is 1.12 bits per heavy atom. The van der Waals surface area contributed by atoms with Crippen LogP contribution in [0, 0.1) is 20.4 Å². The third kappa shape index (κ3) is 3.53. The zero-order chi connectivity index (χ0) is 27.6. The maximum atomic E-state index is 9.16. The Bertz CT molecular complexity index is 1620. The van der Waals surface area contributed by atoms with Gasteiger partial charge in [-0.2, -0.15) is 4.57 Å². The van der Waals surface area contributed by atoms with E-state index in [0.717, 1.165) is 71.0 Å². The minimum absolute atomic E-state index is 0.410. The van der Waals surface area contributed by atoms with Gasteiger partial charge in [0.25, 0.3) is 0 Å². The lowest BCUT2D eigenvalue weighted by Gasteiger charge is -2.23. The molecular weight excluding hydrogens is 404 g/mol. The summed E-state index contributed by atoms with van der Waals surface area (Å²) < 4.78 is 50.3. The van der Waals surface area contributed by atoms with Crippen molar-refractivity contribution in [3.05, 3.63) is 70.2 Å². The van der Waals surface area contributed by atoms with Crippen LogP contribution in [-0.4, -0.2) is 0 Å². The van der Waals surface area contributed by atoms with Crippen molar-refractivity contribution in [3.8, 4) is 11.3 Å². The van der Waals surface area contributed by atoms with Gasteiger partial charge in [0.2, 0.25) is 11.4 Å². The second-order valence-electron chi connectivity index (χ2n) is 9.31. The van der Waals surface area contributed by atoms with E-state index < -0.39 is 18.6 Å². The summed E-state index contributed by atoms with van der Waals surface area (Å²) in [4.78, 5) is 3.89. The molecule has 2 aromatic carbocycles. The Morgan fingerprint density at radius 3 is 2.58 bits per heavy atom. The van der Waals surface area contributed by atoms with Crippen LogP contribution in [0.2, 0.25) is 0 Å². The maximum Gasteiger partial charge on any atom is 0.232 e. The largest absolute Gasteiger partial charge is 0.466 e. The van der Waals surface area contributed by atoms with E-state index in [9.17, 15) is 0 Å². The zero-order valence-corrected chi connectivity index (χ0v) is 19.8. The summed E-state index contributed by atoms with van der Waals surface area (Å²) in [5.41, 5.74) is 6.01. The molecule has 168 valence electrons. The molecule has 0 radical (unpaired) electrons. The van der Waals surface area contributed by atoms with Gasteiger partial charge in [0.1, 0.15) is 18.2 Å². The van der Waals surface area contributed by atoms with Crippen LogP contribution >= 0.6 is 0 Å². The fourth-order valence-electron chi connectivity index (χ4n) is 5.20. The lowest BCUT2D eigenvalue weighted by molar-refractivity contribution is -0.666. The molecule has 1 atom stereocenters. The maximum absolute atomic E-state index is 9.16. The zero-order valence-electron chi connectivity index (χ0n) is 24.8. The van der Waals surface area contributed by atoms with Gasteiger partial charge in [0.15, 0.2) is 5.69 Å². The average Bonchev–Trinajstić information content (AvgIpc) is 3.23. The Hall–Kier alpha value is -3.12. The lowest BCUT2D eigenvalue weighted by atomic mass is 9.83. The Balaban J connectivity index is 1.81. The van der Waals surface area contributed by atoms with Crippen molar-refractivity contribution >= 4 is 27.6 Å². The molecule has 4 aromatic rings. The fraction of sp³-hybridized carbons (Fsp3) is 0.400. The number of aryl methyl sites for hydroxylation is 2. The molecular formula is C30H33N2O+. The summed E-state index contributed by atoms with van der Waals surface area (Å²) in [5, 5.41) is 1.70. The highest BCUT2D eigenvalue weighted by atomic mass is 16.3. The molecule has 2 heterocycles. The summed E-state index contributed by atoms with van der Waals surface area (Å²) in [6, 6.07) is 11.5. The predicted molar refractivity (Wildman–Crippen MR) is 136 cm³/mol. The molecule has 1 unspecified atom stereocenters. The monoisotopic (exact) mass is 442 g/mol. The fourth-order valence-corrected chi connectivity index (χ4v) is 5.20. The van der Waals surface area contributed by atoms with E-state index in [1.807, 2.05) is 49.7 Å². The van der Waals surface area contributed by atoms with Crippen molar-refractivity contribution in [1.82, 2.24) is 0 Å². The highest BCUT2D eigenvalue weighted by Crippen LogP contribution is 2.45. The van der Waals surface area contributed by atoms with Gasteiger partial charge in [0, 0.05) is 36.7 Å². The van der Waals surface area contributed by atoms with Crippen LogP contribution in [0.4, 0.5) is 5.69 Å². The minimum Gasteiger partial charge on any atom is -0.466 e. The van der Waals surface area contributed by atoms with Crippen LogP contribution in [0.15, 0.2) is 40.8 Å². The molecule has 0 amide bonds. The highest BCUT2D eigenvalue weighted by molar-refractivity contribution is 6.13. The number of rotatable bonds is 3. The molecule has 0 saturated heterocycles. The molecule has 2 aromatic heterocycles. The Labute approximate surface area is 203 Å². The second-order valence-corrected chi connectivity index (χ2v) is 9.31. The number of furan rings is 1. The third-order valence-corrected chi connectivity index (χ3v) is 7.18. The number of benzene rings is 2. The van der Waals surface area contributed by atoms with Crippen molar-refractivity contribution in [2.45, 2.75) is 71.5 Å². The molecule has 1 saturated carbocycles. The summed E-state index contributed by atoms with van der Waals surface area (Å²) in [6.45, 7) is 10.8. The number of nitrogens with zero attached hydrogens (tertiary/aromatic N) is 2. The third-order valence-electron chi connectivity index (χ3n) is 7.18. The molecule has 0 spiro atoms. The SMILES string of the molecule is [2H]C1(c2ccc3c(oc4c(-c5cc(C([2H])(C)C([2H])([2H])[2H])cc(C)[n+]5C)c(C)ccc43)c2[N+]#[C-])CCCCC1. The molecule has 1 fully saturated rings. The van der Waals surface area contributed by atoms with E-state index in [0.29, 0.717) is 22.4 Å². The molecule has 5 rings (SSSR count). The first-order chi connectivity index (χ1) is 17.8. The van der Waals surface area contributed by atoms with Crippen LogP contribution in [0.1, 0.15) is 86.9 Å². The first kappa shape index (κ1) is 16.5. The van der Waals surface area contributed by atoms with Crippen LogP contribution < -0.4 is 4.57 Å². The van der Waals surface area contributed by atoms with E-state index in [-0.39, 0.29) is 0 Å². The summed E-state index contributed by atoms with van der Waals surface area (Å²) in [6.07, 6.45) is 4.57. The number of hydrogen-bond donors (Lipinski definition) is 0. The van der Waals surface area contributed by atoms with Gasteiger partial charge < -0.3 is 4.42 Å². The van der Waals surface area contributed by atoms with Gasteiger partial charge in [-0.05, 0) is 48.2 Å². The van der Waals surface area contributed by atoms with Gasteiger partial charge >= 0.3 is 0 Å². The van der Waals surface area contributed by atoms with Gasteiger partial charge in [-0.15, -0.1) is 0 Å². The molecule has 33 heavy (non-hydrogen) atoms. The van der Waals surface area contributed by atoms with Gasteiger partial charge in [-0.3, -0.25) is 0 Å². The summed E-state index contributed by atoms with van der Waals surface area (Å²) in [5.74, 6) is -2.57. The number of fused-ring (bicyclic) bond motifs is 3. The van der Waals surface area contributed by atoms with Crippen molar-refractivity contribution in [2.24, 2.45) is 7.05 Å². The molecule has 1 aliphatic carbocycles. The van der Waals surface area contributed by atoms with Gasteiger partial charge in [-0.25, -0.2) is 4.85 Å². The van der Waals surface area contributed by atoms with Crippen molar-refractivity contribution < 1.29 is 15.8 Å². The van der Waals surface area contributed by atoms with E-state index in [1.54, 1.807) is 12.1 Å². The Morgan fingerprint density at radius 2 is 1.85 bits per heavy atom. The van der Waals surface area contributed by atoms with Crippen molar-refractivity contribution in [2.75, 3.05) is 0 Å². The lowest BCUT2D eigenvalue weighted by Crippen LogP contribution is -2.35. The van der Waals surface area contributed by atoms with Crippen LogP contribution in [-0.2, 0) is 7.05 Å². The van der Waals surface area contributed by atoms with Crippen molar-refractivity contribution in [3.63, 3.8) is 0 Å². The molecule has 3 heteroatoms.